The first-order valence-corrected chi connectivity index (χ1v) is 6.22. The number of aromatic amines is 1. The van der Waals surface area contributed by atoms with Crippen molar-refractivity contribution in [3.63, 3.8) is 0 Å². The van der Waals surface area contributed by atoms with E-state index in [2.05, 4.69) is 20.3 Å². The minimum atomic E-state index is -4.29. The van der Waals surface area contributed by atoms with Gasteiger partial charge in [0.25, 0.3) is 0 Å². The third-order valence-corrected chi connectivity index (χ3v) is 3.00. The lowest BCUT2D eigenvalue weighted by molar-refractivity contribution is -0.115. The van der Waals surface area contributed by atoms with Gasteiger partial charge in [0.1, 0.15) is 6.54 Å². The molecule has 0 bridgehead atoms. The molecule has 7 heteroatoms. The Balaban J connectivity index is 1.86. The molecule has 2 heterocycles. The zero-order valence-corrected chi connectivity index (χ0v) is 10.8. The lowest BCUT2D eigenvalue weighted by atomic mass is 10.1. The Morgan fingerprint density at radius 3 is 2.57 bits per heavy atom. The molecule has 108 valence electrons. The fourth-order valence-electron chi connectivity index (χ4n) is 2.06. The standard InChI is InChI=1S/C14H11F3N4/c15-14(16,17)8-21-13-19-6-10(7-20-13)11-3-1-2-9-4-5-18-12(9)11/h1-7,18H,8H2,(H,19,20,21). The number of halogens is 3. The molecular weight excluding hydrogens is 281 g/mol. The van der Waals surface area contributed by atoms with Crippen LogP contribution >= 0.6 is 0 Å². The van der Waals surface area contributed by atoms with Crippen LogP contribution in [-0.4, -0.2) is 27.7 Å². The van der Waals surface area contributed by atoms with E-state index in [1.165, 1.54) is 12.4 Å². The van der Waals surface area contributed by atoms with Gasteiger partial charge in [-0.25, -0.2) is 9.97 Å². The molecule has 3 aromatic rings. The van der Waals surface area contributed by atoms with Gasteiger partial charge < -0.3 is 10.3 Å². The number of benzene rings is 1. The fourth-order valence-corrected chi connectivity index (χ4v) is 2.06. The third kappa shape index (κ3) is 2.96. The highest BCUT2D eigenvalue weighted by Crippen LogP contribution is 2.26. The molecule has 0 saturated carbocycles. The van der Waals surface area contributed by atoms with Gasteiger partial charge in [0.05, 0.1) is 5.52 Å². The van der Waals surface area contributed by atoms with Crippen molar-refractivity contribution in [1.29, 1.82) is 0 Å². The zero-order valence-electron chi connectivity index (χ0n) is 10.8. The van der Waals surface area contributed by atoms with E-state index in [-0.39, 0.29) is 5.95 Å². The molecule has 4 nitrogen and oxygen atoms in total. The molecule has 2 N–H and O–H groups in total. The van der Waals surface area contributed by atoms with E-state index in [0.29, 0.717) is 0 Å². The molecular formula is C14H11F3N4. The molecule has 0 unspecified atom stereocenters. The lowest BCUT2D eigenvalue weighted by Gasteiger charge is -2.08. The van der Waals surface area contributed by atoms with Crippen LogP contribution in [0, 0.1) is 0 Å². The van der Waals surface area contributed by atoms with Gasteiger partial charge in [-0.1, -0.05) is 18.2 Å². The summed E-state index contributed by atoms with van der Waals surface area (Å²) in [5.41, 5.74) is 2.58. The van der Waals surface area contributed by atoms with Crippen molar-refractivity contribution < 1.29 is 13.2 Å². The van der Waals surface area contributed by atoms with Crippen molar-refractivity contribution in [1.82, 2.24) is 15.0 Å². The van der Waals surface area contributed by atoms with Crippen LogP contribution < -0.4 is 5.32 Å². The van der Waals surface area contributed by atoms with Crippen LogP contribution in [0.4, 0.5) is 19.1 Å². The van der Waals surface area contributed by atoms with Gasteiger partial charge in [-0.05, 0) is 11.5 Å². The lowest BCUT2D eigenvalue weighted by Crippen LogP contribution is -2.22. The summed E-state index contributed by atoms with van der Waals surface area (Å²) in [6, 6.07) is 7.72. The molecule has 0 aliphatic carbocycles. The van der Waals surface area contributed by atoms with Crippen LogP contribution in [0.25, 0.3) is 22.0 Å². The van der Waals surface area contributed by atoms with Crippen molar-refractivity contribution in [3.05, 3.63) is 42.9 Å². The van der Waals surface area contributed by atoms with Crippen molar-refractivity contribution in [2.75, 3.05) is 11.9 Å². The number of anilines is 1. The Bertz CT molecular complexity index is 747. The summed E-state index contributed by atoms with van der Waals surface area (Å²) < 4.78 is 36.3. The predicted molar refractivity (Wildman–Crippen MR) is 73.9 cm³/mol. The summed E-state index contributed by atoms with van der Waals surface area (Å²) in [4.78, 5) is 11.0. The quantitative estimate of drug-likeness (QED) is 0.775. The average molecular weight is 292 g/mol. The van der Waals surface area contributed by atoms with Gasteiger partial charge in [-0.15, -0.1) is 0 Å². The van der Waals surface area contributed by atoms with Gasteiger partial charge in [-0.2, -0.15) is 13.2 Å². The van der Waals surface area contributed by atoms with E-state index in [9.17, 15) is 13.2 Å². The van der Waals surface area contributed by atoms with Crippen LogP contribution in [0.1, 0.15) is 0 Å². The third-order valence-electron chi connectivity index (χ3n) is 3.00. The number of hydrogen-bond acceptors (Lipinski definition) is 3. The SMILES string of the molecule is FC(F)(F)CNc1ncc(-c2cccc3cc[nH]c23)cn1. The number of fused-ring (bicyclic) bond motifs is 1. The van der Waals surface area contributed by atoms with E-state index in [4.69, 9.17) is 0 Å². The molecule has 0 fully saturated rings. The summed E-state index contributed by atoms with van der Waals surface area (Å²) in [7, 11) is 0. The number of alkyl halides is 3. The van der Waals surface area contributed by atoms with Gasteiger partial charge in [0.2, 0.25) is 5.95 Å². The number of H-pyrrole nitrogens is 1. The van der Waals surface area contributed by atoms with Crippen molar-refractivity contribution in [2.45, 2.75) is 6.18 Å². The summed E-state index contributed by atoms with van der Waals surface area (Å²) in [5, 5.41) is 3.19. The second-order valence-electron chi connectivity index (χ2n) is 4.51. The van der Waals surface area contributed by atoms with Crippen molar-refractivity contribution in [2.24, 2.45) is 0 Å². The summed E-state index contributed by atoms with van der Waals surface area (Å²) in [6.45, 7) is -1.15. The van der Waals surface area contributed by atoms with E-state index in [0.717, 1.165) is 22.0 Å². The van der Waals surface area contributed by atoms with Gasteiger partial charge in [0.15, 0.2) is 0 Å². The molecule has 0 aliphatic heterocycles. The van der Waals surface area contributed by atoms with E-state index < -0.39 is 12.7 Å². The zero-order chi connectivity index (χ0) is 14.9. The molecule has 0 radical (unpaired) electrons. The Morgan fingerprint density at radius 2 is 1.86 bits per heavy atom. The molecule has 21 heavy (non-hydrogen) atoms. The van der Waals surface area contributed by atoms with Gasteiger partial charge >= 0.3 is 6.18 Å². The number of para-hydroxylation sites is 1. The first-order chi connectivity index (χ1) is 10.0. The van der Waals surface area contributed by atoms with Crippen LogP contribution in [0.5, 0.6) is 0 Å². The second kappa shape index (κ2) is 5.08. The highest BCUT2D eigenvalue weighted by atomic mass is 19.4. The molecule has 0 amide bonds. The normalized spacial score (nSPS) is 11.8. The summed E-state index contributed by atoms with van der Waals surface area (Å²) >= 11 is 0. The maximum absolute atomic E-state index is 12.1. The monoisotopic (exact) mass is 292 g/mol. The Labute approximate surface area is 118 Å². The Kier molecular flexibility index (Phi) is 3.25. The van der Waals surface area contributed by atoms with Crippen molar-refractivity contribution in [3.8, 4) is 11.1 Å². The van der Waals surface area contributed by atoms with Gasteiger partial charge in [0, 0.05) is 29.7 Å². The molecule has 3 rings (SSSR count). The first kappa shape index (κ1) is 13.4. The Morgan fingerprint density at radius 1 is 1.10 bits per heavy atom. The first-order valence-electron chi connectivity index (χ1n) is 6.22. The van der Waals surface area contributed by atoms with Crippen LogP contribution in [0.2, 0.25) is 0 Å². The number of hydrogen-bond donors (Lipinski definition) is 2. The Hall–Kier alpha value is -2.57. The summed E-state index contributed by atoms with van der Waals surface area (Å²) in [6.07, 6.45) is 0.537. The second-order valence-corrected chi connectivity index (χ2v) is 4.51. The molecule has 1 aromatic carbocycles. The maximum atomic E-state index is 12.1. The van der Waals surface area contributed by atoms with Crippen LogP contribution in [-0.2, 0) is 0 Å². The predicted octanol–water partition coefficient (Wildman–Crippen LogP) is 3.60. The van der Waals surface area contributed by atoms with Crippen molar-refractivity contribution >= 4 is 16.9 Å². The highest BCUT2D eigenvalue weighted by Gasteiger charge is 2.26. The average Bonchev–Trinajstić information content (AvgIpc) is 2.93. The number of aromatic nitrogens is 3. The summed E-state index contributed by atoms with van der Waals surface area (Å²) in [5.74, 6) is -0.0465. The van der Waals surface area contributed by atoms with E-state index in [1.807, 2.05) is 30.5 Å². The molecule has 0 atom stereocenters. The topological polar surface area (TPSA) is 53.6 Å². The largest absolute Gasteiger partial charge is 0.405 e. The number of nitrogens with zero attached hydrogens (tertiary/aromatic N) is 2. The van der Waals surface area contributed by atoms with E-state index >= 15 is 0 Å². The van der Waals surface area contributed by atoms with E-state index in [1.54, 1.807) is 0 Å². The smallest absolute Gasteiger partial charge is 0.361 e. The highest BCUT2D eigenvalue weighted by molar-refractivity contribution is 5.93. The maximum Gasteiger partial charge on any atom is 0.405 e. The molecule has 0 spiro atoms. The fraction of sp³-hybridized carbons (Fsp3) is 0.143. The van der Waals surface area contributed by atoms with Gasteiger partial charge in [-0.3, -0.25) is 0 Å². The molecule has 0 aliphatic rings. The molecule has 0 saturated heterocycles. The minimum absolute atomic E-state index is 0.0465. The minimum Gasteiger partial charge on any atom is -0.361 e. The number of rotatable bonds is 3. The van der Waals surface area contributed by atoms with Crippen LogP contribution in [0.15, 0.2) is 42.9 Å². The van der Waals surface area contributed by atoms with Crippen LogP contribution in [0.3, 0.4) is 0 Å². The molecule has 2 aromatic heterocycles. The number of nitrogens with one attached hydrogen (secondary N) is 2.